The van der Waals surface area contributed by atoms with Crippen LogP contribution >= 0.6 is 0 Å². The van der Waals surface area contributed by atoms with Crippen molar-refractivity contribution in [2.75, 3.05) is 11.4 Å². The van der Waals surface area contributed by atoms with E-state index in [0.717, 1.165) is 19.4 Å². The maximum Gasteiger partial charge on any atom is 0.165 e. The molecule has 2 heterocycles. The Hall–Kier alpha value is -1.16. The predicted octanol–water partition coefficient (Wildman–Crippen LogP) is 1.96. The van der Waals surface area contributed by atoms with Crippen molar-refractivity contribution in [1.29, 1.82) is 0 Å². The zero-order chi connectivity index (χ0) is 11.5. The summed E-state index contributed by atoms with van der Waals surface area (Å²) in [6.07, 6.45) is 3.97. The molecule has 3 nitrogen and oxygen atoms in total. The Morgan fingerprint density at radius 3 is 3.19 bits per heavy atom. The van der Waals surface area contributed by atoms with Crippen molar-refractivity contribution in [3.05, 3.63) is 24.1 Å². The summed E-state index contributed by atoms with van der Waals surface area (Å²) in [4.78, 5) is 6.06. The molecule has 1 aliphatic rings. The standard InChI is InChI=1S/C12H17FN2O/c1-9(16)8-10-4-3-7-15(10)12-11(13)5-2-6-14-12/h2,5-6,9-10,16H,3-4,7-8H2,1H3/t9-,10+/m0/s1. The van der Waals surface area contributed by atoms with Crippen LogP contribution in [-0.4, -0.2) is 28.8 Å². The fourth-order valence-corrected chi connectivity index (χ4v) is 2.34. The number of aliphatic hydroxyl groups excluding tert-OH is 1. The van der Waals surface area contributed by atoms with E-state index in [9.17, 15) is 9.50 Å². The van der Waals surface area contributed by atoms with Gasteiger partial charge in [0.15, 0.2) is 11.6 Å². The van der Waals surface area contributed by atoms with E-state index in [0.29, 0.717) is 12.2 Å². The second-order valence-electron chi connectivity index (χ2n) is 4.38. The van der Waals surface area contributed by atoms with Crippen LogP contribution in [0, 0.1) is 5.82 Å². The summed E-state index contributed by atoms with van der Waals surface area (Å²) < 4.78 is 13.6. The van der Waals surface area contributed by atoms with E-state index in [2.05, 4.69) is 4.98 Å². The van der Waals surface area contributed by atoms with Gasteiger partial charge in [-0.05, 0) is 38.3 Å². The fourth-order valence-electron chi connectivity index (χ4n) is 2.34. The molecule has 0 aromatic carbocycles. The van der Waals surface area contributed by atoms with Crippen LogP contribution < -0.4 is 4.90 Å². The third kappa shape index (κ3) is 2.32. The lowest BCUT2D eigenvalue weighted by molar-refractivity contribution is 0.175. The smallest absolute Gasteiger partial charge is 0.165 e. The average Bonchev–Trinajstić information content (AvgIpc) is 2.66. The Bertz CT molecular complexity index is 357. The Balaban J connectivity index is 2.17. The summed E-state index contributed by atoms with van der Waals surface area (Å²) in [7, 11) is 0. The van der Waals surface area contributed by atoms with E-state index in [1.165, 1.54) is 6.07 Å². The van der Waals surface area contributed by atoms with Crippen LogP contribution in [0.4, 0.5) is 10.2 Å². The molecular weight excluding hydrogens is 207 g/mol. The van der Waals surface area contributed by atoms with Crippen LogP contribution in [0.15, 0.2) is 18.3 Å². The SMILES string of the molecule is C[C@H](O)C[C@H]1CCCN1c1ncccc1F. The predicted molar refractivity (Wildman–Crippen MR) is 60.9 cm³/mol. The molecule has 1 N–H and O–H groups in total. The molecule has 0 spiro atoms. The molecule has 2 atom stereocenters. The van der Waals surface area contributed by atoms with E-state index in [1.807, 2.05) is 4.90 Å². The molecule has 1 aliphatic heterocycles. The molecule has 0 saturated carbocycles. The zero-order valence-electron chi connectivity index (χ0n) is 9.43. The first-order valence-corrected chi connectivity index (χ1v) is 5.73. The van der Waals surface area contributed by atoms with Gasteiger partial charge in [-0.15, -0.1) is 0 Å². The van der Waals surface area contributed by atoms with Crippen LogP contribution in [-0.2, 0) is 0 Å². The van der Waals surface area contributed by atoms with Crippen molar-refractivity contribution in [2.45, 2.75) is 38.3 Å². The molecule has 2 rings (SSSR count). The van der Waals surface area contributed by atoms with Gasteiger partial charge in [0.2, 0.25) is 0 Å². The zero-order valence-corrected chi connectivity index (χ0v) is 9.43. The molecule has 16 heavy (non-hydrogen) atoms. The topological polar surface area (TPSA) is 36.4 Å². The first-order chi connectivity index (χ1) is 7.68. The first kappa shape index (κ1) is 11.3. The second-order valence-corrected chi connectivity index (χ2v) is 4.38. The lowest BCUT2D eigenvalue weighted by Crippen LogP contribution is -2.33. The minimum Gasteiger partial charge on any atom is -0.393 e. The molecule has 0 bridgehead atoms. The molecule has 0 amide bonds. The third-order valence-electron chi connectivity index (χ3n) is 3.00. The van der Waals surface area contributed by atoms with Gasteiger partial charge in [-0.1, -0.05) is 0 Å². The molecule has 1 aromatic heterocycles. The molecule has 1 aromatic rings. The molecule has 1 fully saturated rings. The largest absolute Gasteiger partial charge is 0.393 e. The minimum absolute atomic E-state index is 0.212. The highest BCUT2D eigenvalue weighted by atomic mass is 19.1. The number of hydrogen-bond donors (Lipinski definition) is 1. The number of anilines is 1. The van der Waals surface area contributed by atoms with Crippen molar-refractivity contribution >= 4 is 5.82 Å². The lowest BCUT2D eigenvalue weighted by Gasteiger charge is -2.26. The Morgan fingerprint density at radius 1 is 1.69 bits per heavy atom. The van der Waals surface area contributed by atoms with E-state index >= 15 is 0 Å². The van der Waals surface area contributed by atoms with Gasteiger partial charge in [-0.25, -0.2) is 9.37 Å². The average molecular weight is 224 g/mol. The van der Waals surface area contributed by atoms with E-state index in [4.69, 9.17) is 0 Å². The van der Waals surface area contributed by atoms with Crippen LogP contribution in [0.1, 0.15) is 26.2 Å². The summed E-state index contributed by atoms with van der Waals surface area (Å²) in [6, 6.07) is 3.24. The number of pyridine rings is 1. The van der Waals surface area contributed by atoms with Crippen LogP contribution in [0.25, 0.3) is 0 Å². The molecular formula is C12H17FN2O. The van der Waals surface area contributed by atoms with Crippen molar-refractivity contribution in [1.82, 2.24) is 4.98 Å². The van der Waals surface area contributed by atoms with Gasteiger partial charge < -0.3 is 10.0 Å². The summed E-state index contributed by atoms with van der Waals surface area (Å²) in [5, 5.41) is 9.41. The summed E-state index contributed by atoms with van der Waals surface area (Å²) in [5.41, 5.74) is 0. The van der Waals surface area contributed by atoms with Gasteiger partial charge in [-0.2, -0.15) is 0 Å². The van der Waals surface area contributed by atoms with Gasteiger partial charge in [0.05, 0.1) is 6.10 Å². The monoisotopic (exact) mass is 224 g/mol. The summed E-state index contributed by atoms with van der Waals surface area (Å²) >= 11 is 0. The molecule has 4 heteroatoms. The normalized spacial score (nSPS) is 22.4. The Kier molecular flexibility index (Phi) is 3.39. The van der Waals surface area contributed by atoms with Gasteiger partial charge in [0.25, 0.3) is 0 Å². The van der Waals surface area contributed by atoms with Crippen molar-refractivity contribution in [2.24, 2.45) is 0 Å². The van der Waals surface area contributed by atoms with Crippen molar-refractivity contribution < 1.29 is 9.50 Å². The Morgan fingerprint density at radius 2 is 2.50 bits per heavy atom. The van der Waals surface area contributed by atoms with Gasteiger partial charge in [-0.3, -0.25) is 0 Å². The molecule has 0 unspecified atom stereocenters. The molecule has 88 valence electrons. The van der Waals surface area contributed by atoms with E-state index in [1.54, 1.807) is 19.2 Å². The van der Waals surface area contributed by atoms with E-state index < -0.39 is 0 Å². The number of aliphatic hydroxyl groups is 1. The third-order valence-corrected chi connectivity index (χ3v) is 3.00. The number of nitrogens with zero attached hydrogens (tertiary/aromatic N) is 2. The van der Waals surface area contributed by atoms with Crippen molar-refractivity contribution in [3.63, 3.8) is 0 Å². The van der Waals surface area contributed by atoms with Crippen LogP contribution in [0.2, 0.25) is 0 Å². The maximum atomic E-state index is 13.6. The molecule has 0 radical (unpaired) electrons. The van der Waals surface area contributed by atoms with Crippen LogP contribution in [0.5, 0.6) is 0 Å². The fraction of sp³-hybridized carbons (Fsp3) is 0.583. The Labute approximate surface area is 94.9 Å². The quantitative estimate of drug-likeness (QED) is 0.852. The summed E-state index contributed by atoms with van der Waals surface area (Å²) in [6.45, 7) is 2.59. The number of rotatable bonds is 3. The second kappa shape index (κ2) is 4.78. The highest BCUT2D eigenvalue weighted by molar-refractivity contribution is 5.42. The van der Waals surface area contributed by atoms with Crippen molar-refractivity contribution in [3.8, 4) is 0 Å². The van der Waals surface area contributed by atoms with Gasteiger partial charge in [0.1, 0.15) is 0 Å². The van der Waals surface area contributed by atoms with Crippen LogP contribution in [0.3, 0.4) is 0 Å². The van der Waals surface area contributed by atoms with Gasteiger partial charge >= 0.3 is 0 Å². The molecule has 1 saturated heterocycles. The highest BCUT2D eigenvalue weighted by Gasteiger charge is 2.28. The number of hydrogen-bond acceptors (Lipinski definition) is 3. The van der Waals surface area contributed by atoms with E-state index in [-0.39, 0.29) is 18.0 Å². The number of halogens is 1. The maximum absolute atomic E-state index is 13.6. The minimum atomic E-state index is -0.350. The summed E-state index contributed by atoms with van der Waals surface area (Å²) in [5.74, 6) is 0.144. The number of aromatic nitrogens is 1. The first-order valence-electron chi connectivity index (χ1n) is 5.73. The highest BCUT2D eigenvalue weighted by Crippen LogP contribution is 2.28. The van der Waals surface area contributed by atoms with Gasteiger partial charge in [0, 0.05) is 18.8 Å². The lowest BCUT2D eigenvalue weighted by atomic mass is 10.1. The molecule has 0 aliphatic carbocycles.